The van der Waals surface area contributed by atoms with Crippen LogP contribution in [0.5, 0.6) is 0 Å². The first-order valence-electron chi connectivity index (χ1n) is 3.18. The van der Waals surface area contributed by atoms with E-state index in [0.717, 1.165) is 30.0 Å². The SMILES string of the molecule is CSC(=O)c1cc(F)ccc1F. The third kappa shape index (κ3) is 1.82. The zero-order valence-electron chi connectivity index (χ0n) is 6.30. The summed E-state index contributed by atoms with van der Waals surface area (Å²) in [6.45, 7) is 0. The van der Waals surface area contributed by atoms with Crippen LogP contribution in [0.2, 0.25) is 0 Å². The summed E-state index contributed by atoms with van der Waals surface area (Å²) in [6, 6.07) is 2.82. The molecule has 1 rings (SSSR count). The van der Waals surface area contributed by atoms with Crippen LogP contribution in [0.3, 0.4) is 0 Å². The van der Waals surface area contributed by atoms with Crippen LogP contribution < -0.4 is 0 Å². The predicted octanol–water partition coefficient (Wildman–Crippen LogP) is 2.47. The summed E-state index contributed by atoms with van der Waals surface area (Å²) in [4.78, 5) is 10.9. The molecular formula is C8H6F2OS. The Labute approximate surface area is 72.8 Å². The average Bonchev–Trinajstić information content (AvgIpc) is 2.08. The summed E-state index contributed by atoms with van der Waals surface area (Å²) in [5, 5.41) is -0.466. The molecule has 1 aromatic rings. The number of carbonyl (C=O) groups excluding carboxylic acids is 1. The summed E-state index contributed by atoms with van der Waals surface area (Å²) < 4.78 is 25.3. The molecule has 0 heterocycles. The molecule has 0 aliphatic carbocycles. The molecule has 0 fully saturated rings. The number of carbonyl (C=O) groups is 1. The maximum absolute atomic E-state index is 12.8. The fourth-order valence-electron chi connectivity index (χ4n) is 0.764. The Hall–Kier alpha value is -0.900. The molecule has 4 heteroatoms. The molecule has 1 nitrogen and oxygen atoms in total. The lowest BCUT2D eigenvalue weighted by molar-refractivity contribution is 0.108. The van der Waals surface area contributed by atoms with Gasteiger partial charge < -0.3 is 0 Å². The molecule has 0 N–H and O–H groups in total. The molecule has 12 heavy (non-hydrogen) atoms. The van der Waals surface area contributed by atoms with Crippen molar-refractivity contribution in [1.82, 2.24) is 0 Å². The Kier molecular flexibility index (Phi) is 2.81. The first-order valence-corrected chi connectivity index (χ1v) is 4.41. The minimum atomic E-state index is -0.684. The van der Waals surface area contributed by atoms with Gasteiger partial charge >= 0.3 is 0 Å². The fraction of sp³-hybridized carbons (Fsp3) is 0.125. The van der Waals surface area contributed by atoms with Gasteiger partial charge in [-0.15, -0.1) is 0 Å². The second kappa shape index (κ2) is 3.67. The van der Waals surface area contributed by atoms with E-state index < -0.39 is 16.7 Å². The standard InChI is InChI=1S/C8H6F2OS/c1-12-8(11)6-4-5(9)2-3-7(6)10/h2-4H,1H3. The average molecular weight is 188 g/mol. The number of hydrogen-bond acceptors (Lipinski definition) is 2. The monoisotopic (exact) mass is 188 g/mol. The highest BCUT2D eigenvalue weighted by Crippen LogP contribution is 2.14. The smallest absolute Gasteiger partial charge is 0.222 e. The Bertz CT molecular complexity index is 312. The van der Waals surface area contributed by atoms with E-state index in [1.165, 1.54) is 6.26 Å². The molecule has 0 saturated carbocycles. The topological polar surface area (TPSA) is 17.1 Å². The van der Waals surface area contributed by atoms with Crippen LogP contribution in [-0.2, 0) is 0 Å². The lowest BCUT2D eigenvalue weighted by Gasteiger charge is -1.98. The highest BCUT2D eigenvalue weighted by atomic mass is 32.2. The second-order valence-electron chi connectivity index (χ2n) is 2.12. The van der Waals surface area contributed by atoms with Crippen LogP contribution in [0.1, 0.15) is 10.4 Å². The van der Waals surface area contributed by atoms with Gasteiger partial charge in [-0.3, -0.25) is 4.79 Å². The van der Waals surface area contributed by atoms with Crippen LogP contribution in [0.15, 0.2) is 18.2 Å². The van der Waals surface area contributed by atoms with Gasteiger partial charge in [0.2, 0.25) is 5.12 Å². The molecule has 0 radical (unpaired) electrons. The van der Waals surface area contributed by atoms with Crippen molar-refractivity contribution in [3.8, 4) is 0 Å². The molecule has 0 saturated heterocycles. The van der Waals surface area contributed by atoms with E-state index in [-0.39, 0.29) is 5.56 Å². The van der Waals surface area contributed by atoms with Crippen molar-refractivity contribution < 1.29 is 13.6 Å². The number of halogens is 2. The Morgan fingerprint density at radius 2 is 2.08 bits per heavy atom. The van der Waals surface area contributed by atoms with Crippen molar-refractivity contribution in [1.29, 1.82) is 0 Å². The number of benzene rings is 1. The normalized spacial score (nSPS) is 9.92. The number of rotatable bonds is 1. The zero-order chi connectivity index (χ0) is 9.14. The van der Waals surface area contributed by atoms with Gasteiger partial charge in [0.1, 0.15) is 11.6 Å². The van der Waals surface area contributed by atoms with Gasteiger partial charge in [0.25, 0.3) is 0 Å². The van der Waals surface area contributed by atoms with Gasteiger partial charge in [-0.25, -0.2) is 8.78 Å². The summed E-state index contributed by atoms with van der Waals surface area (Å²) in [5.41, 5.74) is -0.206. The van der Waals surface area contributed by atoms with Gasteiger partial charge in [-0.2, -0.15) is 0 Å². The molecule has 1 aromatic carbocycles. The lowest BCUT2D eigenvalue weighted by atomic mass is 10.2. The molecule has 0 unspecified atom stereocenters. The molecule has 64 valence electrons. The van der Waals surface area contributed by atoms with Crippen molar-refractivity contribution >= 4 is 16.9 Å². The first kappa shape index (κ1) is 9.19. The third-order valence-corrected chi connectivity index (χ3v) is 1.92. The van der Waals surface area contributed by atoms with E-state index in [2.05, 4.69) is 0 Å². The predicted molar refractivity (Wildman–Crippen MR) is 44.2 cm³/mol. The van der Waals surface area contributed by atoms with E-state index in [9.17, 15) is 13.6 Å². The molecular weight excluding hydrogens is 182 g/mol. The van der Waals surface area contributed by atoms with Gasteiger partial charge in [-0.05, 0) is 24.5 Å². The van der Waals surface area contributed by atoms with E-state index in [0.29, 0.717) is 0 Å². The van der Waals surface area contributed by atoms with Crippen LogP contribution in [0.4, 0.5) is 8.78 Å². The highest BCUT2D eigenvalue weighted by molar-refractivity contribution is 8.13. The van der Waals surface area contributed by atoms with Crippen LogP contribution in [-0.4, -0.2) is 11.4 Å². The second-order valence-corrected chi connectivity index (χ2v) is 2.89. The molecule has 0 aromatic heterocycles. The summed E-state index contributed by atoms with van der Waals surface area (Å²) >= 11 is 0.855. The third-order valence-electron chi connectivity index (χ3n) is 1.33. The number of hydrogen-bond donors (Lipinski definition) is 0. The van der Waals surface area contributed by atoms with Gasteiger partial charge in [0, 0.05) is 0 Å². The summed E-state index contributed by atoms with van der Waals surface area (Å²) in [6.07, 6.45) is 1.52. The van der Waals surface area contributed by atoms with E-state index in [1.54, 1.807) is 0 Å². The van der Waals surface area contributed by atoms with Crippen molar-refractivity contribution in [3.05, 3.63) is 35.4 Å². The Morgan fingerprint density at radius 3 is 2.67 bits per heavy atom. The first-order chi connectivity index (χ1) is 5.65. The maximum Gasteiger partial charge on any atom is 0.222 e. The van der Waals surface area contributed by atoms with Crippen LogP contribution in [0, 0.1) is 11.6 Å². The minimum Gasteiger partial charge on any atom is -0.281 e. The largest absolute Gasteiger partial charge is 0.281 e. The molecule has 0 spiro atoms. The minimum absolute atomic E-state index is 0.206. The van der Waals surface area contributed by atoms with Crippen molar-refractivity contribution in [2.45, 2.75) is 0 Å². The van der Waals surface area contributed by atoms with E-state index in [1.807, 2.05) is 0 Å². The van der Waals surface area contributed by atoms with Crippen LogP contribution >= 0.6 is 11.8 Å². The molecule has 0 aliphatic rings. The lowest BCUT2D eigenvalue weighted by Crippen LogP contribution is -1.97. The zero-order valence-corrected chi connectivity index (χ0v) is 7.12. The van der Waals surface area contributed by atoms with E-state index in [4.69, 9.17) is 0 Å². The molecule has 0 amide bonds. The Morgan fingerprint density at radius 1 is 1.42 bits per heavy atom. The van der Waals surface area contributed by atoms with E-state index >= 15 is 0 Å². The van der Waals surface area contributed by atoms with Crippen molar-refractivity contribution in [3.63, 3.8) is 0 Å². The number of thioether (sulfide) groups is 1. The van der Waals surface area contributed by atoms with Gasteiger partial charge in [0.15, 0.2) is 0 Å². The molecule has 0 atom stereocenters. The van der Waals surface area contributed by atoms with Crippen molar-refractivity contribution in [2.24, 2.45) is 0 Å². The molecule has 0 bridgehead atoms. The summed E-state index contributed by atoms with van der Waals surface area (Å²) in [7, 11) is 0. The maximum atomic E-state index is 12.8. The Balaban J connectivity index is 3.13. The summed E-state index contributed by atoms with van der Waals surface area (Å²) in [5.74, 6) is -1.29. The van der Waals surface area contributed by atoms with Gasteiger partial charge in [0.05, 0.1) is 5.56 Å². The van der Waals surface area contributed by atoms with Crippen molar-refractivity contribution in [2.75, 3.05) is 6.26 Å². The quantitative estimate of drug-likeness (QED) is 0.673. The highest BCUT2D eigenvalue weighted by Gasteiger charge is 2.10. The fourth-order valence-corrected chi connectivity index (χ4v) is 1.14. The van der Waals surface area contributed by atoms with Crippen LogP contribution in [0.25, 0.3) is 0 Å². The van der Waals surface area contributed by atoms with Gasteiger partial charge in [-0.1, -0.05) is 11.8 Å². The molecule has 0 aliphatic heterocycles.